The molecule has 0 saturated carbocycles. The third-order valence-electron chi connectivity index (χ3n) is 1.61. The third kappa shape index (κ3) is 1.73. The van der Waals surface area contributed by atoms with Gasteiger partial charge in [0, 0.05) is 10.5 Å². The Morgan fingerprint density at radius 1 is 1.54 bits per heavy atom. The van der Waals surface area contributed by atoms with Crippen LogP contribution in [0, 0.1) is 29.2 Å². The van der Waals surface area contributed by atoms with E-state index in [1.165, 1.54) is 6.92 Å². The zero-order chi connectivity index (χ0) is 10.0. The van der Waals surface area contributed by atoms with Gasteiger partial charge in [0.2, 0.25) is 0 Å². The Balaban J connectivity index is 3.34. The van der Waals surface area contributed by atoms with Crippen molar-refractivity contribution in [3.63, 3.8) is 0 Å². The van der Waals surface area contributed by atoms with Crippen LogP contribution in [0.5, 0.6) is 0 Å². The standard InChI is InChI=1S/C8H6F2N2S/c1-4-6(13-3-11)2-5(9)8(12)7(4)10/h2H,12H2,1H3. The van der Waals surface area contributed by atoms with Crippen LogP contribution in [0.1, 0.15) is 5.56 Å². The van der Waals surface area contributed by atoms with Crippen molar-refractivity contribution in [3.8, 4) is 5.40 Å². The number of nitriles is 1. The summed E-state index contributed by atoms with van der Waals surface area (Å²) in [4.78, 5) is 0.256. The van der Waals surface area contributed by atoms with E-state index in [4.69, 9.17) is 11.0 Å². The first-order valence-corrected chi connectivity index (χ1v) is 4.19. The molecule has 0 amide bonds. The van der Waals surface area contributed by atoms with E-state index in [0.29, 0.717) is 11.8 Å². The summed E-state index contributed by atoms with van der Waals surface area (Å²) >= 11 is 0.709. The lowest BCUT2D eigenvalue weighted by Crippen LogP contribution is -1.99. The summed E-state index contributed by atoms with van der Waals surface area (Å²) < 4.78 is 25.9. The molecule has 0 aliphatic carbocycles. The van der Waals surface area contributed by atoms with Gasteiger partial charge >= 0.3 is 0 Å². The van der Waals surface area contributed by atoms with Gasteiger partial charge in [-0.15, -0.1) is 0 Å². The fourth-order valence-electron chi connectivity index (χ4n) is 0.871. The molecule has 2 nitrogen and oxygen atoms in total. The molecule has 0 radical (unpaired) electrons. The zero-order valence-electron chi connectivity index (χ0n) is 6.77. The molecule has 0 aliphatic heterocycles. The van der Waals surface area contributed by atoms with Gasteiger partial charge < -0.3 is 5.73 Å². The summed E-state index contributed by atoms with van der Waals surface area (Å²) in [5.41, 5.74) is 4.80. The predicted molar refractivity (Wildman–Crippen MR) is 47.0 cm³/mol. The molecule has 0 atom stereocenters. The molecule has 13 heavy (non-hydrogen) atoms. The van der Waals surface area contributed by atoms with Crippen molar-refractivity contribution in [2.75, 3.05) is 5.73 Å². The van der Waals surface area contributed by atoms with Gasteiger partial charge in [-0.25, -0.2) is 8.78 Å². The fraction of sp³-hybridized carbons (Fsp3) is 0.125. The number of thiocyanates is 1. The minimum absolute atomic E-state index is 0.199. The molecule has 0 bridgehead atoms. The predicted octanol–water partition coefficient (Wildman–Crippen LogP) is 2.43. The van der Waals surface area contributed by atoms with Gasteiger partial charge in [0.25, 0.3) is 0 Å². The van der Waals surface area contributed by atoms with E-state index in [2.05, 4.69) is 0 Å². The molecule has 0 fully saturated rings. The number of rotatable bonds is 1. The Morgan fingerprint density at radius 2 is 2.15 bits per heavy atom. The van der Waals surface area contributed by atoms with Crippen molar-refractivity contribution in [2.24, 2.45) is 0 Å². The number of anilines is 1. The van der Waals surface area contributed by atoms with Crippen molar-refractivity contribution in [1.29, 1.82) is 5.26 Å². The summed E-state index contributed by atoms with van der Waals surface area (Å²) in [6, 6.07) is 1.06. The molecule has 2 N–H and O–H groups in total. The molecule has 1 rings (SSSR count). The van der Waals surface area contributed by atoms with Crippen molar-refractivity contribution in [2.45, 2.75) is 11.8 Å². The van der Waals surface area contributed by atoms with Gasteiger partial charge in [0.15, 0.2) is 5.82 Å². The van der Waals surface area contributed by atoms with Crippen molar-refractivity contribution < 1.29 is 8.78 Å². The van der Waals surface area contributed by atoms with Crippen molar-refractivity contribution in [1.82, 2.24) is 0 Å². The van der Waals surface area contributed by atoms with Crippen molar-refractivity contribution >= 4 is 17.4 Å². The lowest BCUT2D eigenvalue weighted by molar-refractivity contribution is 0.579. The molecule has 0 aromatic heterocycles. The number of nitrogens with zero attached hydrogens (tertiary/aromatic N) is 1. The summed E-state index contributed by atoms with van der Waals surface area (Å²) in [6.07, 6.45) is 0. The average molecular weight is 200 g/mol. The van der Waals surface area contributed by atoms with E-state index in [9.17, 15) is 8.78 Å². The highest BCUT2D eigenvalue weighted by Crippen LogP contribution is 2.28. The number of hydrogen-bond acceptors (Lipinski definition) is 3. The van der Waals surface area contributed by atoms with Gasteiger partial charge in [0.1, 0.15) is 16.9 Å². The quantitative estimate of drug-likeness (QED) is 0.430. The molecule has 68 valence electrons. The molecule has 0 spiro atoms. The van der Waals surface area contributed by atoms with E-state index in [1.54, 1.807) is 5.40 Å². The van der Waals surface area contributed by atoms with Crippen LogP contribution < -0.4 is 5.73 Å². The van der Waals surface area contributed by atoms with Gasteiger partial charge in [-0.3, -0.25) is 0 Å². The topological polar surface area (TPSA) is 49.8 Å². The maximum Gasteiger partial charge on any atom is 0.153 e. The first-order valence-electron chi connectivity index (χ1n) is 3.38. The Hall–Kier alpha value is -1.28. The second-order valence-electron chi connectivity index (χ2n) is 2.40. The normalized spacial score (nSPS) is 9.69. The third-order valence-corrected chi connectivity index (χ3v) is 2.34. The maximum absolute atomic E-state index is 13.1. The zero-order valence-corrected chi connectivity index (χ0v) is 7.58. The summed E-state index contributed by atoms with van der Waals surface area (Å²) in [5, 5.41) is 10.1. The Bertz CT molecular complexity index is 385. The van der Waals surface area contributed by atoms with Crippen LogP contribution in [0.15, 0.2) is 11.0 Å². The average Bonchev–Trinajstić information content (AvgIpc) is 2.11. The molecule has 5 heteroatoms. The molecule has 0 aliphatic rings. The lowest BCUT2D eigenvalue weighted by atomic mass is 10.2. The molecule has 1 aromatic rings. The van der Waals surface area contributed by atoms with Crippen LogP contribution in [0.4, 0.5) is 14.5 Å². The monoisotopic (exact) mass is 200 g/mol. The minimum atomic E-state index is -0.833. The van der Waals surface area contributed by atoms with Crippen LogP contribution in [-0.2, 0) is 0 Å². The van der Waals surface area contributed by atoms with E-state index in [-0.39, 0.29) is 10.5 Å². The van der Waals surface area contributed by atoms with Gasteiger partial charge in [-0.2, -0.15) is 5.26 Å². The molecular weight excluding hydrogens is 194 g/mol. The van der Waals surface area contributed by atoms with Crippen molar-refractivity contribution in [3.05, 3.63) is 23.3 Å². The second-order valence-corrected chi connectivity index (χ2v) is 3.23. The number of thioether (sulfide) groups is 1. The second kappa shape index (κ2) is 3.62. The first-order chi connectivity index (χ1) is 6.07. The Kier molecular flexibility index (Phi) is 2.73. The minimum Gasteiger partial charge on any atom is -0.394 e. The maximum atomic E-state index is 13.1. The van der Waals surface area contributed by atoms with Crippen LogP contribution >= 0.6 is 11.8 Å². The highest BCUT2D eigenvalue weighted by molar-refractivity contribution is 8.03. The van der Waals surface area contributed by atoms with E-state index in [0.717, 1.165) is 6.07 Å². The Labute approximate surface area is 78.3 Å². The van der Waals surface area contributed by atoms with Crippen LogP contribution in [0.3, 0.4) is 0 Å². The lowest BCUT2D eigenvalue weighted by Gasteiger charge is -2.05. The van der Waals surface area contributed by atoms with Crippen LogP contribution in [-0.4, -0.2) is 0 Å². The number of hydrogen-bond donors (Lipinski definition) is 1. The summed E-state index contributed by atoms with van der Waals surface area (Å²) in [7, 11) is 0. The van der Waals surface area contributed by atoms with Gasteiger partial charge in [-0.1, -0.05) is 0 Å². The molecule has 1 aromatic carbocycles. The highest BCUT2D eigenvalue weighted by Gasteiger charge is 2.13. The molecule has 0 heterocycles. The van der Waals surface area contributed by atoms with E-state index < -0.39 is 17.3 Å². The number of benzene rings is 1. The molecule has 0 saturated heterocycles. The fourth-order valence-corrected chi connectivity index (χ4v) is 1.37. The van der Waals surface area contributed by atoms with Crippen LogP contribution in [0.25, 0.3) is 0 Å². The largest absolute Gasteiger partial charge is 0.394 e. The number of halogens is 2. The summed E-state index contributed by atoms with van der Waals surface area (Å²) in [6.45, 7) is 1.45. The number of nitrogen functional groups attached to an aromatic ring is 1. The molecule has 0 unspecified atom stereocenters. The summed E-state index contributed by atoms with van der Waals surface area (Å²) in [5.74, 6) is -1.63. The molecular formula is C8H6F2N2S. The SMILES string of the molecule is Cc1c(SC#N)cc(F)c(N)c1F. The Morgan fingerprint density at radius 3 is 2.69 bits per heavy atom. The van der Waals surface area contributed by atoms with Crippen LogP contribution in [0.2, 0.25) is 0 Å². The smallest absolute Gasteiger partial charge is 0.153 e. The first kappa shape index (κ1) is 9.81. The van der Waals surface area contributed by atoms with E-state index in [1.807, 2.05) is 0 Å². The van der Waals surface area contributed by atoms with Gasteiger partial charge in [-0.05, 0) is 24.8 Å². The number of nitrogens with two attached hydrogens (primary N) is 1. The van der Waals surface area contributed by atoms with Gasteiger partial charge in [0.05, 0.1) is 0 Å². The van der Waals surface area contributed by atoms with E-state index >= 15 is 0 Å². The highest BCUT2D eigenvalue weighted by atomic mass is 32.2.